The van der Waals surface area contributed by atoms with Crippen LogP contribution in [0.5, 0.6) is 5.75 Å². The zero-order valence-corrected chi connectivity index (χ0v) is 17.1. The molecule has 144 valence electrons. The van der Waals surface area contributed by atoms with E-state index in [0.29, 0.717) is 11.6 Å². The second-order valence-electron chi connectivity index (χ2n) is 6.47. The van der Waals surface area contributed by atoms with Crippen molar-refractivity contribution >= 4 is 35.0 Å². The number of ether oxygens (including phenoxy) is 1. The fourth-order valence-electron chi connectivity index (χ4n) is 3.09. The van der Waals surface area contributed by atoms with Gasteiger partial charge in [-0.3, -0.25) is 4.79 Å². The molecule has 3 rings (SSSR count). The number of piperazine rings is 1. The molecule has 1 unspecified atom stereocenters. The van der Waals surface area contributed by atoms with E-state index >= 15 is 0 Å². The van der Waals surface area contributed by atoms with Gasteiger partial charge in [-0.2, -0.15) is 0 Å². The van der Waals surface area contributed by atoms with Crippen molar-refractivity contribution in [2.24, 2.45) is 0 Å². The molecule has 1 aliphatic rings. The molecular weight excluding hydrogens is 380 g/mol. The average molecular weight is 405 g/mol. The third kappa shape index (κ3) is 5.81. The highest BCUT2D eigenvalue weighted by atomic mass is 35.5. The van der Waals surface area contributed by atoms with Crippen LogP contribution in [0, 0.1) is 0 Å². The third-order valence-corrected chi connectivity index (χ3v) is 5.92. The summed E-state index contributed by atoms with van der Waals surface area (Å²) in [6.45, 7) is 5.85. The number of rotatable bonds is 7. The second-order valence-corrected chi connectivity index (χ2v) is 8.35. The van der Waals surface area contributed by atoms with Crippen LogP contribution in [0.1, 0.15) is 6.92 Å². The Hall–Kier alpha value is -1.85. The number of amides is 1. The second kappa shape index (κ2) is 9.90. The first kappa shape index (κ1) is 19.9. The van der Waals surface area contributed by atoms with E-state index in [2.05, 4.69) is 29.2 Å². The standard InChI is InChI=1S/C21H25ClN2O2S/c1-17(27-15-14-26-20-9-5-6-18(22)16-20)21(25)24-12-10-23(11-13-24)19-7-3-2-4-8-19/h2-9,16-17H,10-15H2,1H3. The molecule has 0 saturated carbocycles. The lowest BCUT2D eigenvalue weighted by Gasteiger charge is -2.37. The number of carbonyl (C=O) groups is 1. The summed E-state index contributed by atoms with van der Waals surface area (Å²) in [7, 11) is 0. The molecule has 27 heavy (non-hydrogen) atoms. The lowest BCUT2D eigenvalue weighted by Crippen LogP contribution is -2.50. The van der Waals surface area contributed by atoms with E-state index in [1.807, 2.05) is 36.1 Å². The van der Waals surface area contributed by atoms with Crippen LogP contribution >= 0.6 is 23.4 Å². The predicted molar refractivity (Wildman–Crippen MR) is 114 cm³/mol. The molecule has 1 amide bonds. The van der Waals surface area contributed by atoms with Crippen LogP contribution in [0.4, 0.5) is 5.69 Å². The number of anilines is 1. The molecule has 4 nitrogen and oxygen atoms in total. The van der Waals surface area contributed by atoms with Crippen LogP contribution < -0.4 is 9.64 Å². The molecular formula is C21H25ClN2O2S. The largest absolute Gasteiger partial charge is 0.493 e. The maximum atomic E-state index is 12.7. The van der Waals surface area contributed by atoms with E-state index in [9.17, 15) is 4.79 Å². The fraction of sp³-hybridized carbons (Fsp3) is 0.381. The van der Waals surface area contributed by atoms with Gasteiger partial charge in [-0.1, -0.05) is 35.9 Å². The number of hydrogen-bond acceptors (Lipinski definition) is 4. The highest BCUT2D eigenvalue weighted by Gasteiger charge is 2.25. The summed E-state index contributed by atoms with van der Waals surface area (Å²) in [5, 5.41) is 0.606. The van der Waals surface area contributed by atoms with Crippen LogP contribution in [-0.2, 0) is 4.79 Å². The minimum absolute atomic E-state index is 0.0590. The van der Waals surface area contributed by atoms with Crippen LogP contribution in [0.3, 0.4) is 0 Å². The number of benzene rings is 2. The van der Waals surface area contributed by atoms with Crippen LogP contribution in [0.2, 0.25) is 5.02 Å². The van der Waals surface area contributed by atoms with Gasteiger partial charge in [0.2, 0.25) is 5.91 Å². The van der Waals surface area contributed by atoms with Gasteiger partial charge >= 0.3 is 0 Å². The SMILES string of the molecule is CC(SCCOc1cccc(Cl)c1)C(=O)N1CCN(c2ccccc2)CC1. The molecule has 2 aromatic rings. The van der Waals surface area contributed by atoms with E-state index < -0.39 is 0 Å². The Morgan fingerprint density at radius 2 is 1.85 bits per heavy atom. The van der Waals surface area contributed by atoms with Gasteiger partial charge in [-0.25, -0.2) is 0 Å². The summed E-state index contributed by atoms with van der Waals surface area (Å²) in [5.41, 5.74) is 1.23. The van der Waals surface area contributed by atoms with Crippen molar-refractivity contribution in [1.82, 2.24) is 4.90 Å². The Labute approximate surface area is 170 Å². The normalized spacial score (nSPS) is 15.5. The molecule has 0 bridgehead atoms. The van der Waals surface area contributed by atoms with E-state index in [1.54, 1.807) is 17.8 Å². The Bertz CT molecular complexity index is 736. The topological polar surface area (TPSA) is 32.8 Å². The molecule has 1 fully saturated rings. The van der Waals surface area contributed by atoms with Crippen molar-refractivity contribution < 1.29 is 9.53 Å². The summed E-state index contributed by atoms with van der Waals surface area (Å²) in [6, 6.07) is 17.7. The molecule has 2 aromatic carbocycles. The highest BCUT2D eigenvalue weighted by Crippen LogP contribution is 2.20. The number of hydrogen-bond donors (Lipinski definition) is 0. The molecule has 0 radical (unpaired) electrons. The molecule has 1 heterocycles. The number of carbonyl (C=O) groups excluding carboxylic acids is 1. The predicted octanol–water partition coefficient (Wildman–Crippen LogP) is 4.19. The Kier molecular flexibility index (Phi) is 7.30. The number of thioether (sulfide) groups is 1. The molecule has 1 aliphatic heterocycles. The van der Waals surface area contributed by atoms with Gasteiger partial charge in [0.15, 0.2) is 0 Å². The summed E-state index contributed by atoms with van der Waals surface area (Å²) < 4.78 is 5.69. The summed E-state index contributed by atoms with van der Waals surface area (Å²) in [5.74, 6) is 1.75. The molecule has 0 aliphatic carbocycles. The van der Waals surface area contributed by atoms with Crippen molar-refractivity contribution in [3.8, 4) is 5.75 Å². The number of halogens is 1. The van der Waals surface area contributed by atoms with Gasteiger partial charge in [-0.05, 0) is 37.3 Å². The monoisotopic (exact) mass is 404 g/mol. The lowest BCUT2D eigenvalue weighted by atomic mass is 10.2. The first-order valence-electron chi connectivity index (χ1n) is 9.22. The average Bonchev–Trinajstić information content (AvgIpc) is 2.71. The summed E-state index contributed by atoms with van der Waals surface area (Å²) in [4.78, 5) is 17.0. The quantitative estimate of drug-likeness (QED) is 0.648. The van der Waals surface area contributed by atoms with Crippen molar-refractivity contribution in [2.75, 3.05) is 43.4 Å². The maximum absolute atomic E-state index is 12.7. The Balaban J connectivity index is 1.38. The van der Waals surface area contributed by atoms with Crippen LogP contribution in [0.25, 0.3) is 0 Å². The maximum Gasteiger partial charge on any atom is 0.235 e. The molecule has 0 N–H and O–H groups in total. The molecule has 0 spiro atoms. The molecule has 6 heteroatoms. The van der Waals surface area contributed by atoms with Crippen LogP contribution in [-0.4, -0.2) is 54.6 Å². The lowest BCUT2D eigenvalue weighted by molar-refractivity contribution is -0.130. The number of para-hydroxylation sites is 1. The minimum atomic E-state index is -0.0590. The zero-order valence-electron chi connectivity index (χ0n) is 15.5. The Morgan fingerprint density at radius 3 is 2.56 bits per heavy atom. The van der Waals surface area contributed by atoms with E-state index in [-0.39, 0.29) is 11.2 Å². The molecule has 1 saturated heterocycles. The van der Waals surface area contributed by atoms with E-state index in [1.165, 1.54) is 5.69 Å². The van der Waals surface area contributed by atoms with Gasteiger partial charge in [-0.15, -0.1) is 11.8 Å². The Morgan fingerprint density at radius 1 is 1.11 bits per heavy atom. The van der Waals surface area contributed by atoms with Crippen molar-refractivity contribution in [3.05, 3.63) is 59.6 Å². The van der Waals surface area contributed by atoms with Gasteiger partial charge in [0.05, 0.1) is 11.9 Å². The molecule has 0 aromatic heterocycles. The highest BCUT2D eigenvalue weighted by molar-refractivity contribution is 8.00. The van der Waals surface area contributed by atoms with Gasteiger partial charge in [0.25, 0.3) is 0 Å². The smallest absolute Gasteiger partial charge is 0.235 e. The number of nitrogens with zero attached hydrogens (tertiary/aromatic N) is 2. The van der Waals surface area contributed by atoms with E-state index in [4.69, 9.17) is 16.3 Å². The summed E-state index contributed by atoms with van der Waals surface area (Å²) >= 11 is 7.58. The van der Waals surface area contributed by atoms with Gasteiger partial charge in [0.1, 0.15) is 5.75 Å². The zero-order chi connectivity index (χ0) is 19.1. The van der Waals surface area contributed by atoms with Gasteiger partial charge in [0, 0.05) is 42.6 Å². The first-order valence-corrected chi connectivity index (χ1v) is 10.6. The van der Waals surface area contributed by atoms with Crippen molar-refractivity contribution in [2.45, 2.75) is 12.2 Å². The minimum Gasteiger partial charge on any atom is -0.493 e. The van der Waals surface area contributed by atoms with Crippen molar-refractivity contribution in [3.63, 3.8) is 0 Å². The summed E-state index contributed by atoms with van der Waals surface area (Å²) in [6.07, 6.45) is 0. The van der Waals surface area contributed by atoms with Gasteiger partial charge < -0.3 is 14.5 Å². The van der Waals surface area contributed by atoms with E-state index in [0.717, 1.165) is 37.7 Å². The molecule has 1 atom stereocenters. The van der Waals surface area contributed by atoms with Crippen LogP contribution in [0.15, 0.2) is 54.6 Å². The fourth-order valence-corrected chi connectivity index (χ4v) is 4.10. The first-order chi connectivity index (χ1) is 13.1. The van der Waals surface area contributed by atoms with Crippen molar-refractivity contribution in [1.29, 1.82) is 0 Å². The third-order valence-electron chi connectivity index (χ3n) is 4.58.